The van der Waals surface area contributed by atoms with E-state index in [1.807, 2.05) is 0 Å². The first kappa shape index (κ1) is 14.3. The number of hydrogen-bond acceptors (Lipinski definition) is 1. The molecule has 1 N–H and O–H groups in total. The van der Waals surface area contributed by atoms with Gasteiger partial charge < -0.3 is 5.32 Å². The molecule has 1 atom stereocenters. The van der Waals surface area contributed by atoms with Crippen molar-refractivity contribution in [2.24, 2.45) is 0 Å². The predicted molar refractivity (Wildman–Crippen MR) is 70.8 cm³/mol. The summed E-state index contributed by atoms with van der Waals surface area (Å²) < 4.78 is 26.2. The van der Waals surface area contributed by atoms with Crippen LogP contribution >= 0.6 is 0 Å². The zero-order chi connectivity index (χ0) is 13.1. The van der Waals surface area contributed by atoms with Crippen molar-refractivity contribution in [2.45, 2.75) is 45.1 Å². The first-order valence-corrected chi connectivity index (χ1v) is 8.96. The number of nitrogens with one attached hydrogen (secondary N) is 1. The molecule has 1 rings (SSSR count). The molecule has 0 aromatic heterocycles. The number of benzene rings is 1. The lowest BCUT2D eigenvalue weighted by molar-refractivity contribution is 0.453. The van der Waals surface area contributed by atoms with Gasteiger partial charge in [0, 0.05) is 23.3 Å². The number of hydrogen-bond donors (Lipinski definition) is 1. The third-order valence-electron chi connectivity index (χ3n) is 3.71. The first-order valence-electron chi connectivity index (χ1n) is 6.08. The van der Waals surface area contributed by atoms with Gasteiger partial charge in [-0.3, -0.25) is 0 Å². The second kappa shape index (κ2) is 5.73. The maximum atomic E-state index is 13.5. The summed E-state index contributed by atoms with van der Waals surface area (Å²) in [7, 11) is -0.875. The van der Waals surface area contributed by atoms with Crippen LogP contribution in [0.1, 0.15) is 25.8 Å². The van der Waals surface area contributed by atoms with Gasteiger partial charge >= 0.3 is 0 Å². The third kappa shape index (κ3) is 3.61. The summed E-state index contributed by atoms with van der Waals surface area (Å²) in [5.74, 6) is -0.996. The van der Waals surface area contributed by atoms with Crippen LogP contribution in [0.2, 0.25) is 13.1 Å². The van der Waals surface area contributed by atoms with Gasteiger partial charge in [-0.1, -0.05) is 26.1 Å². The summed E-state index contributed by atoms with van der Waals surface area (Å²) in [6.07, 6.45) is 1.03. The fraction of sp³-hybridized carbons (Fsp3) is 0.538. The van der Waals surface area contributed by atoms with E-state index in [1.54, 1.807) is 0 Å². The maximum absolute atomic E-state index is 13.5. The Morgan fingerprint density at radius 2 is 1.94 bits per heavy atom. The van der Waals surface area contributed by atoms with Crippen LogP contribution in [0, 0.1) is 11.6 Å². The summed E-state index contributed by atoms with van der Waals surface area (Å²) in [5, 5.41) is 3.53. The maximum Gasteiger partial charge on any atom is 0.130 e. The van der Waals surface area contributed by atoms with Gasteiger partial charge in [0.2, 0.25) is 0 Å². The molecule has 0 aliphatic rings. The van der Waals surface area contributed by atoms with Crippen LogP contribution in [0.25, 0.3) is 0 Å². The van der Waals surface area contributed by atoms with Gasteiger partial charge in [0.05, 0.1) is 8.80 Å². The minimum Gasteiger partial charge on any atom is -0.310 e. The van der Waals surface area contributed by atoms with E-state index in [1.165, 1.54) is 12.1 Å². The molecule has 0 heterocycles. The second-order valence-electron chi connectivity index (χ2n) is 5.02. The van der Waals surface area contributed by atoms with Gasteiger partial charge in [0.15, 0.2) is 0 Å². The summed E-state index contributed by atoms with van der Waals surface area (Å²) in [6.45, 7) is 9.34. The SMILES string of the molecule is CCC(C)(NCc1ccc(F)cc1F)[SiH](C)C. The van der Waals surface area contributed by atoms with Crippen molar-refractivity contribution in [3.63, 3.8) is 0 Å². The number of rotatable bonds is 5. The summed E-state index contributed by atoms with van der Waals surface area (Å²) >= 11 is 0. The highest BCUT2D eigenvalue weighted by Gasteiger charge is 2.26. The van der Waals surface area contributed by atoms with E-state index in [0.29, 0.717) is 12.1 Å². The molecule has 0 saturated carbocycles. The standard InChI is InChI=1S/C13H21F2NSi/c1-5-13(2,17(3)4)16-9-10-6-7-11(14)8-12(10)15/h6-8,16-17H,5,9H2,1-4H3. The zero-order valence-electron chi connectivity index (χ0n) is 11.0. The lowest BCUT2D eigenvalue weighted by Gasteiger charge is -2.33. The van der Waals surface area contributed by atoms with Crippen LogP contribution in [0.3, 0.4) is 0 Å². The highest BCUT2D eigenvalue weighted by atomic mass is 28.3. The first-order chi connectivity index (χ1) is 7.89. The van der Waals surface area contributed by atoms with E-state index >= 15 is 0 Å². The van der Waals surface area contributed by atoms with Crippen LogP contribution < -0.4 is 5.32 Å². The quantitative estimate of drug-likeness (QED) is 0.798. The van der Waals surface area contributed by atoms with Crippen molar-refractivity contribution in [1.29, 1.82) is 0 Å². The minimum atomic E-state index is -0.875. The molecule has 17 heavy (non-hydrogen) atoms. The topological polar surface area (TPSA) is 12.0 Å². The van der Waals surface area contributed by atoms with Gasteiger partial charge in [-0.2, -0.15) is 0 Å². The Kier molecular flexibility index (Phi) is 4.83. The highest BCUT2D eigenvalue weighted by Crippen LogP contribution is 2.16. The van der Waals surface area contributed by atoms with Gasteiger partial charge in [-0.15, -0.1) is 0 Å². The van der Waals surface area contributed by atoms with Crippen molar-refractivity contribution < 1.29 is 8.78 Å². The van der Waals surface area contributed by atoms with Crippen LogP contribution in [0.5, 0.6) is 0 Å². The largest absolute Gasteiger partial charge is 0.310 e. The normalized spacial score (nSPS) is 15.0. The molecule has 1 nitrogen and oxygen atoms in total. The predicted octanol–water partition coefficient (Wildman–Crippen LogP) is 3.25. The molecule has 96 valence electrons. The Labute approximate surface area is 104 Å². The molecule has 0 aliphatic heterocycles. The molecule has 1 unspecified atom stereocenters. The van der Waals surface area contributed by atoms with Crippen LogP contribution in [-0.4, -0.2) is 14.0 Å². The Balaban J connectivity index is 2.73. The van der Waals surface area contributed by atoms with E-state index in [-0.39, 0.29) is 5.16 Å². The molecule has 0 spiro atoms. The van der Waals surface area contributed by atoms with Crippen molar-refractivity contribution in [1.82, 2.24) is 5.32 Å². The van der Waals surface area contributed by atoms with Crippen molar-refractivity contribution in [3.05, 3.63) is 35.4 Å². The Morgan fingerprint density at radius 1 is 1.29 bits per heavy atom. The second-order valence-corrected chi connectivity index (χ2v) is 8.60. The van der Waals surface area contributed by atoms with Gasteiger partial charge in [0.1, 0.15) is 11.6 Å². The molecule has 0 amide bonds. The van der Waals surface area contributed by atoms with E-state index in [9.17, 15) is 8.78 Å². The molecule has 0 radical (unpaired) electrons. The van der Waals surface area contributed by atoms with Gasteiger partial charge in [-0.25, -0.2) is 8.78 Å². The fourth-order valence-corrected chi connectivity index (χ4v) is 3.03. The van der Waals surface area contributed by atoms with Crippen molar-refractivity contribution in [2.75, 3.05) is 0 Å². The van der Waals surface area contributed by atoms with Crippen LogP contribution in [0.4, 0.5) is 8.78 Å². The van der Waals surface area contributed by atoms with E-state index in [2.05, 4.69) is 32.3 Å². The molecule has 4 heteroatoms. The van der Waals surface area contributed by atoms with Gasteiger partial charge in [0.25, 0.3) is 0 Å². The third-order valence-corrected chi connectivity index (χ3v) is 6.87. The summed E-state index contributed by atoms with van der Waals surface area (Å²) in [4.78, 5) is 0. The zero-order valence-corrected chi connectivity index (χ0v) is 12.1. The fourth-order valence-electron chi connectivity index (χ4n) is 1.70. The highest BCUT2D eigenvalue weighted by molar-refractivity contribution is 6.59. The molecule has 0 saturated heterocycles. The monoisotopic (exact) mass is 257 g/mol. The number of halogens is 2. The van der Waals surface area contributed by atoms with Crippen LogP contribution in [0.15, 0.2) is 18.2 Å². The average Bonchev–Trinajstić information content (AvgIpc) is 2.27. The molecule has 0 bridgehead atoms. The molecule has 1 aromatic rings. The Morgan fingerprint density at radius 3 is 2.41 bits per heavy atom. The smallest absolute Gasteiger partial charge is 0.130 e. The molecular formula is C13H21F2NSi. The molecule has 1 aromatic carbocycles. The van der Waals surface area contributed by atoms with Crippen molar-refractivity contribution >= 4 is 8.80 Å². The Bertz CT molecular complexity index is 382. The van der Waals surface area contributed by atoms with Crippen molar-refractivity contribution in [3.8, 4) is 0 Å². The lowest BCUT2D eigenvalue weighted by atomic mass is 10.2. The van der Waals surface area contributed by atoms with E-state index in [0.717, 1.165) is 12.5 Å². The van der Waals surface area contributed by atoms with Gasteiger partial charge in [-0.05, 0) is 19.4 Å². The van der Waals surface area contributed by atoms with E-state index in [4.69, 9.17) is 0 Å². The average molecular weight is 257 g/mol. The summed E-state index contributed by atoms with van der Waals surface area (Å²) in [6, 6.07) is 3.75. The lowest BCUT2D eigenvalue weighted by Crippen LogP contribution is -2.51. The molecule has 0 fully saturated rings. The minimum absolute atomic E-state index is 0.112. The molecular weight excluding hydrogens is 236 g/mol. The van der Waals surface area contributed by atoms with E-state index < -0.39 is 20.4 Å². The van der Waals surface area contributed by atoms with Crippen LogP contribution in [-0.2, 0) is 6.54 Å². The Hall–Kier alpha value is -0.743. The summed E-state index contributed by atoms with van der Waals surface area (Å²) in [5.41, 5.74) is 0.528. The molecule has 0 aliphatic carbocycles.